The highest BCUT2D eigenvalue weighted by Gasteiger charge is 2.33. The second-order valence-corrected chi connectivity index (χ2v) is 7.31. The van der Waals surface area contributed by atoms with Gasteiger partial charge in [0.05, 0.1) is 11.4 Å². The van der Waals surface area contributed by atoms with Gasteiger partial charge in [0.25, 0.3) is 5.91 Å². The fourth-order valence-electron chi connectivity index (χ4n) is 3.06. The first-order chi connectivity index (χ1) is 13.2. The Morgan fingerprint density at radius 1 is 1.26 bits per heavy atom. The number of rotatable bonds is 6. The molecule has 2 amide bonds. The number of carbonyl (C=O) groups is 2. The predicted molar refractivity (Wildman–Crippen MR) is 99.0 cm³/mol. The SMILES string of the molecule is O=C(NCc1nc([C@@H]2CC(=O)N(Cc3ccccc3)C2)no1)c1cccs1. The number of amides is 2. The Kier molecular flexibility index (Phi) is 4.97. The second kappa shape index (κ2) is 7.71. The molecule has 0 bridgehead atoms. The maximum Gasteiger partial charge on any atom is 0.261 e. The van der Waals surface area contributed by atoms with Crippen molar-refractivity contribution in [3.05, 3.63) is 70.0 Å². The molecule has 2 aromatic heterocycles. The van der Waals surface area contributed by atoms with Crippen molar-refractivity contribution in [2.45, 2.75) is 25.4 Å². The van der Waals surface area contributed by atoms with Gasteiger partial charge < -0.3 is 14.7 Å². The quantitative estimate of drug-likeness (QED) is 0.708. The van der Waals surface area contributed by atoms with E-state index in [1.165, 1.54) is 11.3 Å². The summed E-state index contributed by atoms with van der Waals surface area (Å²) < 4.78 is 5.23. The van der Waals surface area contributed by atoms with Crippen LogP contribution in [0.2, 0.25) is 0 Å². The van der Waals surface area contributed by atoms with Crippen molar-refractivity contribution in [1.82, 2.24) is 20.4 Å². The third kappa shape index (κ3) is 4.06. The first kappa shape index (κ1) is 17.4. The molecule has 3 aromatic rings. The number of nitrogens with zero attached hydrogens (tertiary/aromatic N) is 3. The zero-order valence-corrected chi connectivity index (χ0v) is 15.3. The summed E-state index contributed by atoms with van der Waals surface area (Å²) in [6, 6.07) is 13.5. The van der Waals surface area contributed by atoms with Crippen LogP contribution in [0.5, 0.6) is 0 Å². The summed E-state index contributed by atoms with van der Waals surface area (Å²) >= 11 is 1.37. The van der Waals surface area contributed by atoms with Crippen LogP contribution in [-0.4, -0.2) is 33.4 Å². The van der Waals surface area contributed by atoms with Crippen molar-refractivity contribution in [3.63, 3.8) is 0 Å². The second-order valence-electron chi connectivity index (χ2n) is 6.37. The van der Waals surface area contributed by atoms with E-state index >= 15 is 0 Å². The molecule has 3 heterocycles. The monoisotopic (exact) mass is 382 g/mol. The number of hydrogen-bond donors (Lipinski definition) is 1. The average molecular weight is 382 g/mol. The first-order valence-corrected chi connectivity index (χ1v) is 9.53. The molecule has 0 saturated carbocycles. The average Bonchev–Trinajstić information content (AvgIpc) is 3.42. The lowest BCUT2D eigenvalue weighted by Crippen LogP contribution is -2.24. The fraction of sp³-hybridized carbons (Fsp3) is 0.263. The van der Waals surface area contributed by atoms with Crippen molar-refractivity contribution >= 4 is 23.2 Å². The van der Waals surface area contributed by atoms with Crippen LogP contribution in [0.1, 0.15) is 39.3 Å². The van der Waals surface area contributed by atoms with E-state index in [4.69, 9.17) is 4.52 Å². The Morgan fingerprint density at radius 2 is 2.11 bits per heavy atom. The number of aromatic nitrogens is 2. The van der Waals surface area contributed by atoms with Gasteiger partial charge in [0.1, 0.15) is 0 Å². The lowest BCUT2D eigenvalue weighted by molar-refractivity contribution is -0.128. The molecule has 0 unspecified atom stereocenters. The topological polar surface area (TPSA) is 88.3 Å². The van der Waals surface area contributed by atoms with Gasteiger partial charge in [-0.25, -0.2) is 0 Å². The van der Waals surface area contributed by atoms with E-state index in [1.54, 1.807) is 6.07 Å². The molecule has 1 saturated heterocycles. The molecule has 7 nitrogen and oxygen atoms in total. The van der Waals surface area contributed by atoms with Crippen LogP contribution in [0.15, 0.2) is 52.4 Å². The van der Waals surface area contributed by atoms with Crippen LogP contribution in [0.3, 0.4) is 0 Å². The van der Waals surface area contributed by atoms with Crippen molar-refractivity contribution < 1.29 is 14.1 Å². The Balaban J connectivity index is 1.34. The van der Waals surface area contributed by atoms with Gasteiger partial charge in [-0.3, -0.25) is 9.59 Å². The van der Waals surface area contributed by atoms with Crippen molar-refractivity contribution in [3.8, 4) is 0 Å². The standard InChI is InChI=1S/C19H18N4O3S/c24-17-9-14(12-23(17)11-13-5-2-1-3-6-13)18-21-16(26-22-18)10-20-19(25)15-7-4-8-27-15/h1-8,14H,9-12H2,(H,20,25)/t14-/m1/s1. The Labute approximate surface area is 160 Å². The molecule has 1 atom stereocenters. The number of nitrogens with one attached hydrogen (secondary N) is 1. The van der Waals surface area contributed by atoms with E-state index in [2.05, 4.69) is 15.5 Å². The Bertz CT molecular complexity index is 924. The van der Waals surface area contributed by atoms with Gasteiger partial charge in [0, 0.05) is 25.4 Å². The normalized spacial score (nSPS) is 16.7. The van der Waals surface area contributed by atoms with Crippen LogP contribution in [0.25, 0.3) is 0 Å². The number of carbonyl (C=O) groups excluding carboxylic acids is 2. The van der Waals surface area contributed by atoms with Crippen molar-refractivity contribution in [1.29, 1.82) is 0 Å². The summed E-state index contributed by atoms with van der Waals surface area (Å²) in [5, 5.41) is 8.60. The van der Waals surface area contributed by atoms with Crippen LogP contribution in [0.4, 0.5) is 0 Å². The maximum absolute atomic E-state index is 12.3. The van der Waals surface area contributed by atoms with Gasteiger partial charge in [-0.15, -0.1) is 11.3 Å². The van der Waals surface area contributed by atoms with E-state index < -0.39 is 0 Å². The van der Waals surface area contributed by atoms with Gasteiger partial charge in [0.15, 0.2) is 5.82 Å². The molecule has 8 heteroatoms. The lowest BCUT2D eigenvalue weighted by Gasteiger charge is -2.15. The number of hydrogen-bond acceptors (Lipinski definition) is 6. The van der Waals surface area contributed by atoms with Crippen molar-refractivity contribution in [2.24, 2.45) is 0 Å². The highest BCUT2D eigenvalue weighted by Crippen LogP contribution is 2.27. The molecule has 1 aliphatic heterocycles. The van der Waals surface area contributed by atoms with Gasteiger partial charge in [-0.05, 0) is 17.0 Å². The molecule has 0 aliphatic carbocycles. The molecule has 1 aliphatic rings. The molecule has 0 radical (unpaired) electrons. The highest BCUT2D eigenvalue weighted by atomic mass is 32.1. The summed E-state index contributed by atoms with van der Waals surface area (Å²) in [6.07, 6.45) is 0.368. The number of thiophene rings is 1. The van der Waals surface area contributed by atoms with Crippen LogP contribution in [0, 0.1) is 0 Å². The summed E-state index contributed by atoms with van der Waals surface area (Å²) in [6.45, 7) is 1.31. The third-order valence-corrected chi connectivity index (χ3v) is 5.29. The van der Waals surface area contributed by atoms with Crippen LogP contribution >= 0.6 is 11.3 Å². The van der Waals surface area contributed by atoms with Crippen LogP contribution in [-0.2, 0) is 17.9 Å². The first-order valence-electron chi connectivity index (χ1n) is 8.65. The lowest BCUT2D eigenvalue weighted by atomic mass is 10.1. The van der Waals surface area contributed by atoms with Crippen molar-refractivity contribution in [2.75, 3.05) is 6.54 Å². The Hall–Kier alpha value is -3.00. The minimum absolute atomic E-state index is 0.0844. The van der Waals surface area contributed by atoms with Crippen LogP contribution < -0.4 is 5.32 Å². The molecule has 0 spiro atoms. The Morgan fingerprint density at radius 3 is 2.89 bits per heavy atom. The maximum atomic E-state index is 12.3. The van der Waals surface area contributed by atoms with E-state index in [9.17, 15) is 9.59 Å². The number of benzene rings is 1. The smallest absolute Gasteiger partial charge is 0.261 e. The van der Waals surface area contributed by atoms with E-state index in [0.717, 1.165) is 5.56 Å². The van der Waals surface area contributed by atoms with Gasteiger partial charge >= 0.3 is 0 Å². The summed E-state index contributed by atoms with van der Waals surface area (Å²) in [5.74, 6) is 0.672. The third-order valence-electron chi connectivity index (χ3n) is 4.42. The summed E-state index contributed by atoms with van der Waals surface area (Å²) in [4.78, 5) is 31.1. The van der Waals surface area contributed by atoms with E-state index in [0.29, 0.717) is 36.1 Å². The molecule has 138 valence electrons. The van der Waals surface area contributed by atoms with E-state index in [1.807, 2.05) is 46.7 Å². The van der Waals surface area contributed by atoms with Gasteiger partial charge in [-0.2, -0.15) is 4.98 Å². The zero-order chi connectivity index (χ0) is 18.6. The molecule has 1 aromatic carbocycles. The zero-order valence-electron chi connectivity index (χ0n) is 14.5. The van der Waals surface area contributed by atoms with E-state index in [-0.39, 0.29) is 24.3 Å². The minimum Gasteiger partial charge on any atom is -0.342 e. The minimum atomic E-state index is -0.171. The summed E-state index contributed by atoms with van der Waals surface area (Å²) in [5.41, 5.74) is 1.09. The summed E-state index contributed by atoms with van der Waals surface area (Å²) in [7, 11) is 0. The molecule has 1 fully saturated rings. The van der Waals surface area contributed by atoms with Gasteiger partial charge in [0.2, 0.25) is 11.8 Å². The molecular formula is C19H18N4O3S. The fourth-order valence-corrected chi connectivity index (χ4v) is 3.70. The highest BCUT2D eigenvalue weighted by molar-refractivity contribution is 7.12. The number of likely N-dealkylation sites (tertiary alicyclic amines) is 1. The van der Waals surface area contributed by atoms with Gasteiger partial charge in [-0.1, -0.05) is 41.6 Å². The molecule has 27 heavy (non-hydrogen) atoms. The molecule has 1 N–H and O–H groups in total. The largest absolute Gasteiger partial charge is 0.342 e. The molecule has 4 rings (SSSR count). The molecular weight excluding hydrogens is 364 g/mol. The predicted octanol–water partition coefficient (Wildman–Crippen LogP) is 2.58.